The fourth-order valence-electron chi connectivity index (χ4n) is 1.57. The Morgan fingerprint density at radius 3 is 2.16 bits per heavy atom. The van der Waals surface area contributed by atoms with E-state index in [0.29, 0.717) is 10.2 Å². The Kier molecular flexibility index (Phi) is 4.01. The first-order chi connectivity index (χ1) is 8.90. The zero-order valence-electron chi connectivity index (χ0n) is 9.38. The van der Waals surface area contributed by atoms with E-state index in [-0.39, 0.29) is 10.0 Å². The van der Waals surface area contributed by atoms with Crippen molar-refractivity contribution in [2.24, 2.45) is 0 Å². The number of hydrogen-bond donors (Lipinski definition) is 1. The van der Waals surface area contributed by atoms with Crippen molar-refractivity contribution in [3.05, 3.63) is 62.0 Å². The van der Waals surface area contributed by atoms with Crippen molar-refractivity contribution >= 4 is 43.3 Å². The molecule has 2 N–H and O–H groups in total. The van der Waals surface area contributed by atoms with Crippen LogP contribution in [0.4, 0.5) is 14.5 Å². The minimum atomic E-state index is -0.912. The summed E-state index contributed by atoms with van der Waals surface area (Å²) in [4.78, 5) is 12.1. The topological polar surface area (TPSA) is 43.1 Å². The largest absolute Gasteiger partial charge is 0.398 e. The maximum Gasteiger partial charge on any atom is 0.198 e. The van der Waals surface area contributed by atoms with Crippen LogP contribution in [0.5, 0.6) is 0 Å². The summed E-state index contributed by atoms with van der Waals surface area (Å²) in [5, 5.41) is 0. The SMILES string of the molecule is Nc1ccc(C(=O)c2c(F)cc(Br)cc2F)cc1Br. The van der Waals surface area contributed by atoms with Crippen molar-refractivity contribution in [2.45, 2.75) is 0 Å². The molecule has 0 spiro atoms. The molecule has 0 fully saturated rings. The van der Waals surface area contributed by atoms with Crippen molar-refractivity contribution in [3.8, 4) is 0 Å². The van der Waals surface area contributed by atoms with Crippen molar-refractivity contribution in [1.82, 2.24) is 0 Å². The van der Waals surface area contributed by atoms with Gasteiger partial charge in [-0.3, -0.25) is 4.79 Å². The van der Waals surface area contributed by atoms with E-state index in [2.05, 4.69) is 31.9 Å². The van der Waals surface area contributed by atoms with Crippen LogP contribution in [0.25, 0.3) is 0 Å². The molecular formula is C13H7Br2F2NO. The lowest BCUT2D eigenvalue weighted by atomic mass is 10.0. The van der Waals surface area contributed by atoms with Crippen LogP contribution in [0.2, 0.25) is 0 Å². The first kappa shape index (κ1) is 14.1. The van der Waals surface area contributed by atoms with E-state index in [1.807, 2.05) is 0 Å². The zero-order chi connectivity index (χ0) is 14.2. The lowest BCUT2D eigenvalue weighted by molar-refractivity contribution is 0.103. The van der Waals surface area contributed by atoms with Crippen LogP contribution >= 0.6 is 31.9 Å². The number of benzene rings is 2. The van der Waals surface area contributed by atoms with E-state index in [4.69, 9.17) is 5.73 Å². The standard InChI is InChI=1S/C13H7Br2F2NO/c14-7-4-9(16)12(10(17)5-7)13(19)6-1-2-11(18)8(15)3-6/h1-5H,18H2. The van der Waals surface area contributed by atoms with Gasteiger partial charge in [0.1, 0.15) is 11.6 Å². The predicted octanol–water partition coefficient (Wildman–Crippen LogP) is 4.30. The number of carbonyl (C=O) groups is 1. The van der Waals surface area contributed by atoms with E-state index in [0.717, 1.165) is 12.1 Å². The Bertz CT molecular complexity index is 651. The summed E-state index contributed by atoms with van der Waals surface area (Å²) in [6.07, 6.45) is 0. The molecule has 2 nitrogen and oxygen atoms in total. The summed E-state index contributed by atoms with van der Waals surface area (Å²) in [7, 11) is 0. The summed E-state index contributed by atoms with van der Waals surface area (Å²) in [5.74, 6) is -2.56. The fourth-order valence-corrected chi connectivity index (χ4v) is 2.35. The van der Waals surface area contributed by atoms with E-state index in [1.54, 1.807) is 0 Å². The first-order valence-electron chi connectivity index (χ1n) is 5.14. The molecule has 0 saturated heterocycles. The molecule has 2 aromatic rings. The number of hydrogen-bond acceptors (Lipinski definition) is 2. The zero-order valence-corrected chi connectivity index (χ0v) is 12.6. The Labute approximate surface area is 124 Å². The Hall–Kier alpha value is -1.27. The molecule has 2 rings (SSSR count). The molecule has 0 radical (unpaired) electrons. The monoisotopic (exact) mass is 389 g/mol. The molecule has 0 atom stereocenters. The number of nitrogen functional groups attached to an aromatic ring is 1. The highest BCUT2D eigenvalue weighted by Crippen LogP contribution is 2.25. The Morgan fingerprint density at radius 1 is 1.05 bits per heavy atom. The third kappa shape index (κ3) is 2.84. The molecule has 0 saturated carbocycles. The van der Waals surface area contributed by atoms with Gasteiger partial charge in [0.2, 0.25) is 0 Å². The van der Waals surface area contributed by atoms with Gasteiger partial charge in [-0.25, -0.2) is 8.78 Å². The van der Waals surface area contributed by atoms with Crippen molar-refractivity contribution < 1.29 is 13.6 Å². The minimum absolute atomic E-state index is 0.154. The molecule has 98 valence electrons. The van der Waals surface area contributed by atoms with E-state index >= 15 is 0 Å². The number of anilines is 1. The average molecular weight is 391 g/mol. The molecule has 2 aromatic carbocycles. The molecule has 0 aliphatic carbocycles. The predicted molar refractivity (Wildman–Crippen MR) is 76.0 cm³/mol. The van der Waals surface area contributed by atoms with Gasteiger partial charge in [-0.05, 0) is 46.3 Å². The molecule has 0 unspecified atom stereocenters. The van der Waals surface area contributed by atoms with Gasteiger partial charge in [-0.15, -0.1) is 0 Å². The molecule has 0 aliphatic rings. The van der Waals surface area contributed by atoms with Crippen molar-refractivity contribution in [1.29, 1.82) is 0 Å². The third-order valence-corrected chi connectivity index (χ3v) is 3.64. The number of rotatable bonds is 2. The quantitative estimate of drug-likeness (QED) is 0.613. The summed E-state index contributed by atoms with van der Waals surface area (Å²) in [5.41, 5.74) is 5.60. The maximum atomic E-state index is 13.7. The van der Waals surface area contributed by atoms with Crippen LogP contribution in [-0.4, -0.2) is 5.78 Å². The van der Waals surface area contributed by atoms with Crippen LogP contribution in [0.3, 0.4) is 0 Å². The summed E-state index contributed by atoms with van der Waals surface area (Å²) >= 11 is 6.12. The second-order valence-electron chi connectivity index (χ2n) is 3.81. The van der Waals surface area contributed by atoms with Gasteiger partial charge < -0.3 is 5.73 Å². The molecule has 0 aromatic heterocycles. The lowest BCUT2D eigenvalue weighted by Crippen LogP contribution is -2.08. The smallest absolute Gasteiger partial charge is 0.198 e. The van der Waals surface area contributed by atoms with Crippen LogP contribution in [0.1, 0.15) is 15.9 Å². The van der Waals surface area contributed by atoms with Crippen LogP contribution in [0, 0.1) is 11.6 Å². The molecule has 0 heterocycles. The van der Waals surface area contributed by atoms with Gasteiger partial charge in [0, 0.05) is 20.2 Å². The molecule has 6 heteroatoms. The third-order valence-electron chi connectivity index (χ3n) is 2.50. The normalized spacial score (nSPS) is 10.5. The highest BCUT2D eigenvalue weighted by Gasteiger charge is 2.20. The van der Waals surface area contributed by atoms with Crippen molar-refractivity contribution in [2.75, 3.05) is 5.73 Å². The van der Waals surface area contributed by atoms with Crippen LogP contribution < -0.4 is 5.73 Å². The number of nitrogens with two attached hydrogens (primary N) is 1. The Balaban J connectivity index is 2.53. The highest BCUT2D eigenvalue weighted by atomic mass is 79.9. The van der Waals surface area contributed by atoms with E-state index < -0.39 is 23.0 Å². The maximum absolute atomic E-state index is 13.7. The molecule has 19 heavy (non-hydrogen) atoms. The van der Waals surface area contributed by atoms with Gasteiger partial charge in [0.05, 0.1) is 5.56 Å². The van der Waals surface area contributed by atoms with Crippen LogP contribution in [0.15, 0.2) is 39.3 Å². The summed E-state index contributed by atoms with van der Waals surface area (Å²) < 4.78 is 28.1. The molecule has 0 amide bonds. The van der Waals surface area contributed by atoms with Gasteiger partial charge in [0.15, 0.2) is 5.78 Å². The van der Waals surface area contributed by atoms with Crippen molar-refractivity contribution in [3.63, 3.8) is 0 Å². The lowest BCUT2D eigenvalue weighted by Gasteiger charge is -2.06. The fraction of sp³-hybridized carbons (Fsp3) is 0. The molecule has 0 bridgehead atoms. The summed E-state index contributed by atoms with van der Waals surface area (Å²) in [6, 6.07) is 6.43. The Morgan fingerprint density at radius 2 is 1.63 bits per heavy atom. The molecule has 0 aliphatic heterocycles. The average Bonchev–Trinajstić information content (AvgIpc) is 2.31. The minimum Gasteiger partial charge on any atom is -0.398 e. The second-order valence-corrected chi connectivity index (χ2v) is 5.58. The van der Waals surface area contributed by atoms with Gasteiger partial charge in [-0.1, -0.05) is 15.9 Å². The summed E-state index contributed by atoms with van der Waals surface area (Å²) in [6.45, 7) is 0. The van der Waals surface area contributed by atoms with Gasteiger partial charge >= 0.3 is 0 Å². The highest BCUT2D eigenvalue weighted by molar-refractivity contribution is 9.10. The van der Waals surface area contributed by atoms with Crippen LogP contribution in [-0.2, 0) is 0 Å². The van der Waals surface area contributed by atoms with E-state index in [1.165, 1.54) is 18.2 Å². The number of halogens is 4. The molecular weight excluding hydrogens is 384 g/mol. The number of ketones is 1. The second kappa shape index (κ2) is 5.38. The van der Waals surface area contributed by atoms with Gasteiger partial charge in [0.25, 0.3) is 0 Å². The van der Waals surface area contributed by atoms with E-state index in [9.17, 15) is 13.6 Å². The number of carbonyl (C=O) groups excluding carboxylic acids is 1. The van der Waals surface area contributed by atoms with Gasteiger partial charge in [-0.2, -0.15) is 0 Å². The first-order valence-corrected chi connectivity index (χ1v) is 6.73.